The zero-order valence-corrected chi connectivity index (χ0v) is 13.2. The van der Waals surface area contributed by atoms with Gasteiger partial charge in [0.1, 0.15) is 0 Å². The summed E-state index contributed by atoms with van der Waals surface area (Å²) >= 11 is 1.34. The molecule has 2 N–H and O–H groups in total. The van der Waals surface area contributed by atoms with Gasteiger partial charge in [-0.3, -0.25) is 9.36 Å². The maximum atomic E-state index is 12.1. The van der Waals surface area contributed by atoms with Crippen LogP contribution in [0.1, 0.15) is 11.1 Å². The van der Waals surface area contributed by atoms with Crippen LogP contribution in [0.2, 0.25) is 0 Å². The molecular weight excluding hydrogens is 286 g/mol. The van der Waals surface area contributed by atoms with Crippen molar-refractivity contribution in [1.29, 1.82) is 0 Å². The van der Waals surface area contributed by atoms with Crippen molar-refractivity contribution in [3.05, 3.63) is 35.4 Å². The van der Waals surface area contributed by atoms with Crippen LogP contribution in [0, 0.1) is 6.92 Å². The largest absolute Gasteiger partial charge is 0.368 e. The Labute approximate surface area is 128 Å². The predicted octanol–water partition coefficient (Wildman–Crippen LogP) is 1.46. The summed E-state index contributed by atoms with van der Waals surface area (Å²) in [5.74, 6) is 0.703. The number of nitrogens with zero attached hydrogens (tertiary/aromatic N) is 4. The second-order valence-electron chi connectivity index (χ2n) is 4.92. The Kier molecular flexibility index (Phi) is 4.85. The van der Waals surface area contributed by atoms with E-state index in [4.69, 9.17) is 5.73 Å². The third-order valence-electron chi connectivity index (χ3n) is 3.16. The van der Waals surface area contributed by atoms with Crippen molar-refractivity contribution in [1.82, 2.24) is 19.7 Å². The minimum absolute atomic E-state index is 0.0437. The van der Waals surface area contributed by atoms with E-state index in [1.54, 1.807) is 23.6 Å². The van der Waals surface area contributed by atoms with Gasteiger partial charge in [-0.15, -0.1) is 10.2 Å². The smallest absolute Gasteiger partial charge is 0.233 e. The molecule has 0 saturated carbocycles. The number of rotatable bonds is 5. The highest BCUT2D eigenvalue weighted by atomic mass is 32.2. The van der Waals surface area contributed by atoms with Gasteiger partial charge in [-0.1, -0.05) is 41.6 Å². The maximum Gasteiger partial charge on any atom is 0.233 e. The van der Waals surface area contributed by atoms with Crippen LogP contribution in [-0.4, -0.2) is 38.4 Å². The third-order valence-corrected chi connectivity index (χ3v) is 4.16. The number of aryl methyl sites for hydroxylation is 1. The molecule has 21 heavy (non-hydrogen) atoms. The van der Waals surface area contributed by atoms with Crippen LogP contribution in [0.4, 0.5) is 5.95 Å². The molecule has 0 atom stereocenters. The molecule has 0 aliphatic carbocycles. The Morgan fingerprint density at radius 1 is 1.33 bits per heavy atom. The van der Waals surface area contributed by atoms with Crippen LogP contribution < -0.4 is 5.73 Å². The minimum Gasteiger partial charge on any atom is -0.368 e. The van der Waals surface area contributed by atoms with E-state index in [0.717, 1.165) is 5.56 Å². The molecule has 6 nitrogen and oxygen atoms in total. The van der Waals surface area contributed by atoms with Crippen LogP contribution in [-0.2, 0) is 18.4 Å². The first-order valence-corrected chi connectivity index (χ1v) is 7.53. The van der Waals surface area contributed by atoms with E-state index < -0.39 is 0 Å². The summed E-state index contributed by atoms with van der Waals surface area (Å²) in [4.78, 5) is 13.8. The summed E-state index contributed by atoms with van der Waals surface area (Å²) < 4.78 is 1.66. The number of hydrogen-bond donors (Lipinski definition) is 1. The second kappa shape index (κ2) is 6.62. The molecule has 112 valence electrons. The van der Waals surface area contributed by atoms with Gasteiger partial charge < -0.3 is 10.6 Å². The van der Waals surface area contributed by atoms with Gasteiger partial charge in [-0.2, -0.15) is 0 Å². The molecule has 7 heteroatoms. The summed E-state index contributed by atoms with van der Waals surface area (Å²) in [5, 5.41) is 8.32. The zero-order chi connectivity index (χ0) is 15.4. The number of amides is 1. The fraction of sp³-hybridized carbons (Fsp3) is 0.357. The van der Waals surface area contributed by atoms with E-state index >= 15 is 0 Å². The standard InChI is InChI=1S/C14H19N5OS/c1-10-4-6-11(7-5-10)8-18(2)12(20)9-21-14-17-16-13(15)19(14)3/h4-7H,8-9H2,1-3H3,(H2,15,16). The Balaban J connectivity index is 1.88. The number of benzene rings is 1. The minimum atomic E-state index is 0.0437. The number of hydrogen-bond acceptors (Lipinski definition) is 5. The number of nitrogen functional groups attached to an aromatic ring is 1. The highest BCUT2D eigenvalue weighted by Gasteiger charge is 2.13. The Morgan fingerprint density at radius 2 is 2.00 bits per heavy atom. The normalized spacial score (nSPS) is 10.6. The monoisotopic (exact) mass is 305 g/mol. The Bertz CT molecular complexity index is 623. The predicted molar refractivity (Wildman–Crippen MR) is 83.8 cm³/mol. The van der Waals surface area contributed by atoms with E-state index in [0.29, 0.717) is 23.4 Å². The molecular formula is C14H19N5OS. The molecule has 0 saturated heterocycles. The van der Waals surface area contributed by atoms with E-state index in [9.17, 15) is 4.79 Å². The molecule has 0 unspecified atom stereocenters. The van der Waals surface area contributed by atoms with Crippen molar-refractivity contribution in [2.24, 2.45) is 7.05 Å². The van der Waals surface area contributed by atoms with Gasteiger partial charge in [0.2, 0.25) is 11.9 Å². The SMILES string of the molecule is Cc1ccc(CN(C)C(=O)CSc2nnc(N)n2C)cc1. The summed E-state index contributed by atoms with van der Waals surface area (Å²) in [6.07, 6.45) is 0. The van der Waals surface area contributed by atoms with Gasteiger partial charge in [0.05, 0.1) is 5.75 Å². The van der Waals surface area contributed by atoms with E-state index in [1.807, 2.05) is 31.2 Å². The molecule has 0 aliphatic heterocycles. The average Bonchev–Trinajstić information content (AvgIpc) is 2.78. The number of aromatic nitrogens is 3. The van der Waals surface area contributed by atoms with Gasteiger partial charge in [0, 0.05) is 20.6 Å². The van der Waals surface area contributed by atoms with Gasteiger partial charge >= 0.3 is 0 Å². The first kappa shape index (κ1) is 15.4. The lowest BCUT2D eigenvalue weighted by Crippen LogP contribution is -2.27. The van der Waals surface area contributed by atoms with Crippen LogP contribution >= 0.6 is 11.8 Å². The van der Waals surface area contributed by atoms with Crippen molar-refractivity contribution < 1.29 is 4.79 Å². The topological polar surface area (TPSA) is 77.0 Å². The van der Waals surface area contributed by atoms with Crippen LogP contribution in [0.5, 0.6) is 0 Å². The fourth-order valence-electron chi connectivity index (χ4n) is 1.74. The molecule has 2 aromatic rings. The van der Waals surface area contributed by atoms with Crippen molar-refractivity contribution >= 4 is 23.6 Å². The highest BCUT2D eigenvalue weighted by Crippen LogP contribution is 2.17. The highest BCUT2D eigenvalue weighted by molar-refractivity contribution is 7.99. The first-order valence-electron chi connectivity index (χ1n) is 6.54. The summed E-state index contributed by atoms with van der Waals surface area (Å²) in [5.41, 5.74) is 7.93. The van der Waals surface area contributed by atoms with Gasteiger partial charge in [-0.05, 0) is 12.5 Å². The molecule has 0 spiro atoms. The van der Waals surface area contributed by atoms with Gasteiger partial charge in [0.25, 0.3) is 0 Å². The third kappa shape index (κ3) is 3.98. The van der Waals surface area contributed by atoms with Crippen molar-refractivity contribution in [2.75, 3.05) is 18.5 Å². The second-order valence-corrected chi connectivity index (χ2v) is 5.87. The van der Waals surface area contributed by atoms with E-state index in [2.05, 4.69) is 10.2 Å². The molecule has 1 aromatic carbocycles. The summed E-state index contributed by atoms with van der Waals surface area (Å²) in [7, 11) is 3.58. The molecule has 0 radical (unpaired) electrons. The van der Waals surface area contributed by atoms with Crippen molar-refractivity contribution in [2.45, 2.75) is 18.6 Å². The molecule has 1 heterocycles. The van der Waals surface area contributed by atoms with Crippen LogP contribution in [0.25, 0.3) is 0 Å². The van der Waals surface area contributed by atoms with Gasteiger partial charge in [-0.25, -0.2) is 0 Å². The van der Waals surface area contributed by atoms with E-state index in [-0.39, 0.29) is 5.91 Å². The lowest BCUT2D eigenvalue weighted by atomic mass is 10.1. The molecule has 1 aromatic heterocycles. The number of carbonyl (C=O) groups excluding carboxylic acids is 1. The number of nitrogens with two attached hydrogens (primary N) is 1. The lowest BCUT2D eigenvalue weighted by molar-refractivity contribution is -0.127. The number of carbonyl (C=O) groups is 1. The summed E-state index contributed by atoms with van der Waals surface area (Å²) in [6, 6.07) is 8.17. The van der Waals surface area contributed by atoms with E-state index in [1.165, 1.54) is 17.3 Å². The molecule has 2 rings (SSSR count). The summed E-state index contributed by atoms with van der Waals surface area (Å²) in [6.45, 7) is 2.64. The fourth-order valence-corrected chi connectivity index (χ4v) is 2.60. The Hall–Kier alpha value is -2.02. The molecule has 0 bridgehead atoms. The Morgan fingerprint density at radius 3 is 2.57 bits per heavy atom. The molecule has 1 amide bonds. The zero-order valence-electron chi connectivity index (χ0n) is 12.4. The molecule has 0 fully saturated rings. The maximum absolute atomic E-state index is 12.1. The van der Waals surface area contributed by atoms with Crippen LogP contribution in [0.3, 0.4) is 0 Å². The van der Waals surface area contributed by atoms with Gasteiger partial charge in [0.15, 0.2) is 5.16 Å². The number of thioether (sulfide) groups is 1. The van der Waals surface area contributed by atoms with Crippen LogP contribution in [0.15, 0.2) is 29.4 Å². The average molecular weight is 305 g/mol. The number of anilines is 1. The first-order chi connectivity index (χ1) is 9.97. The van der Waals surface area contributed by atoms with Crippen molar-refractivity contribution in [3.63, 3.8) is 0 Å². The quantitative estimate of drug-likeness (QED) is 0.846. The lowest BCUT2D eigenvalue weighted by Gasteiger charge is -2.17. The van der Waals surface area contributed by atoms with Crippen molar-refractivity contribution in [3.8, 4) is 0 Å². The molecule has 0 aliphatic rings.